The Hall–Kier alpha value is -1.40. The van der Waals surface area contributed by atoms with Crippen LogP contribution in [0.4, 0.5) is 0 Å². The molecule has 0 unspecified atom stereocenters. The number of hydrogen-bond donors (Lipinski definition) is 1. The van der Waals surface area contributed by atoms with Crippen molar-refractivity contribution in [3.05, 3.63) is 22.2 Å². The van der Waals surface area contributed by atoms with E-state index in [1.165, 1.54) is 6.07 Å². The number of carbonyl (C=O) groups excluding carboxylic acids is 1. The van der Waals surface area contributed by atoms with Gasteiger partial charge < -0.3 is 9.84 Å². The third-order valence-electron chi connectivity index (χ3n) is 2.80. The Morgan fingerprint density at radius 2 is 2.41 bits per heavy atom. The molecule has 17 heavy (non-hydrogen) atoms. The summed E-state index contributed by atoms with van der Waals surface area (Å²) in [7, 11) is 0. The molecule has 2 rings (SSSR count). The molecule has 0 saturated carbocycles. The largest absolute Gasteiger partial charge is 0.373 e. The van der Waals surface area contributed by atoms with Crippen molar-refractivity contribution in [1.29, 1.82) is 0 Å². The number of aryl methyl sites for hydroxylation is 1. The molecule has 1 aromatic heterocycles. The zero-order valence-electron chi connectivity index (χ0n) is 10.1. The molecule has 1 atom stereocenters. The van der Waals surface area contributed by atoms with Crippen LogP contribution < -0.4 is 10.9 Å². The number of piperazine rings is 1. The van der Waals surface area contributed by atoms with E-state index < -0.39 is 5.56 Å². The van der Waals surface area contributed by atoms with Gasteiger partial charge in [-0.3, -0.25) is 14.5 Å². The second kappa shape index (κ2) is 4.85. The average Bonchev–Trinajstić information content (AvgIpc) is 2.58. The predicted octanol–water partition coefficient (Wildman–Crippen LogP) is -0.316. The third kappa shape index (κ3) is 2.83. The lowest BCUT2D eigenvalue weighted by Gasteiger charge is -2.30. The molecule has 0 aromatic carbocycles. The minimum Gasteiger partial charge on any atom is -0.373 e. The smallest absolute Gasteiger partial charge is 0.290 e. The van der Waals surface area contributed by atoms with Gasteiger partial charge in [-0.1, -0.05) is 0 Å². The topological polar surface area (TPSA) is 67.5 Å². The van der Waals surface area contributed by atoms with Gasteiger partial charge in [-0.05, 0) is 13.8 Å². The Kier molecular flexibility index (Phi) is 3.44. The van der Waals surface area contributed by atoms with E-state index in [1.54, 1.807) is 6.92 Å². The van der Waals surface area contributed by atoms with Crippen LogP contribution >= 0.6 is 0 Å². The first-order chi connectivity index (χ1) is 8.06. The Morgan fingerprint density at radius 1 is 1.65 bits per heavy atom. The average molecular weight is 239 g/mol. The summed E-state index contributed by atoms with van der Waals surface area (Å²) in [5.74, 6) is 0.147. The predicted molar refractivity (Wildman–Crippen MR) is 62.2 cm³/mol. The van der Waals surface area contributed by atoms with E-state index in [0.717, 1.165) is 24.4 Å². The first-order valence-electron chi connectivity index (χ1n) is 5.75. The van der Waals surface area contributed by atoms with Crippen LogP contribution in [0.15, 0.2) is 15.4 Å². The monoisotopic (exact) mass is 239 g/mol. The van der Waals surface area contributed by atoms with Gasteiger partial charge in [-0.25, -0.2) is 0 Å². The van der Waals surface area contributed by atoms with Gasteiger partial charge in [0.15, 0.2) is 0 Å². The van der Waals surface area contributed by atoms with Crippen LogP contribution in [0.1, 0.15) is 17.5 Å². The Balaban J connectivity index is 2.01. The van der Waals surface area contributed by atoms with Crippen LogP contribution in [0.25, 0.3) is 0 Å². The van der Waals surface area contributed by atoms with Gasteiger partial charge in [-0.15, -0.1) is 4.74 Å². The molecule has 1 aliphatic rings. The van der Waals surface area contributed by atoms with Crippen molar-refractivity contribution < 1.29 is 9.32 Å². The van der Waals surface area contributed by atoms with Gasteiger partial charge >= 0.3 is 0 Å². The van der Waals surface area contributed by atoms with E-state index in [-0.39, 0.29) is 12.5 Å². The van der Waals surface area contributed by atoms with E-state index in [2.05, 4.69) is 12.2 Å². The molecule has 1 aromatic rings. The van der Waals surface area contributed by atoms with Gasteiger partial charge in [0.1, 0.15) is 5.76 Å². The van der Waals surface area contributed by atoms with Crippen molar-refractivity contribution >= 4 is 5.91 Å². The molecule has 6 heteroatoms. The minimum atomic E-state index is -0.393. The Morgan fingerprint density at radius 3 is 3.00 bits per heavy atom. The minimum absolute atomic E-state index is 0.221. The number of nitrogens with one attached hydrogen (secondary N) is 1. The molecule has 1 N–H and O–H groups in total. The normalized spacial score (nSPS) is 21.6. The maximum absolute atomic E-state index is 11.9. The molecule has 0 spiro atoms. The van der Waals surface area contributed by atoms with E-state index in [4.69, 9.17) is 4.52 Å². The highest BCUT2D eigenvalue weighted by Gasteiger charge is 2.20. The molecule has 0 aliphatic carbocycles. The van der Waals surface area contributed by atoms with Crippen LogP contribution in [0.5, 0.6) is 0 Å². The zero-order valence-corrected chi connectivity index (χ0v) is 10.1. The van der Waals surface area contributed by atoms with Gasteiger partial charge in [0.2, 0.25) is 0 Å². The van der Waals surface area contributed by atoms with Gasteiger partial charge in [0.05, 0.1) is 6.54 Å². The quantitative estimate of drug-likeness (QED) is 0.766. The molecule has 1 saturated heterocycles. The first kappa shape index (κ1) is 12.1. The number of carbonyl (C=O) groups is 1. The summed E-state index contributed by atoms with van der Waals surface area (Å²) >= 11 is 0. The maximum atomic E-state index is 11.9. The maximum Gasteiger partial charge on any atom is 0.290 e. The number of aromatic nitrogens is 1. The molecule has 1 fully saturated rings. The molecule has 2 heterocycles. The highest BCUT2D eigenvalue weighted by Crippen LogP contribution is 2.00. The van der Waals surface area contributed by atoms with Crippen molar-refractivity contribution in [2.45, 2.75) is 19.9 Å². The van der Waals surface area contributed by atoms with Crippen LogP contribution in [-0.4, -0.2) is 47.8 Å². The van der Waals surface area contributed by atoms with E-state index >= 15 is 0 Å². The van der Waals surface area contributed by atoms with Crippen LogP contribution in [-0.2, 0) is 0 Å². The van der Waals surface area contributed by atoms with Crippen molar-refractivity contribution in [3.8, 4) is 0 Å². The van der Waals surface area contributed by atoms with Crippen LogP contribution in [0.2, 0.25) is 0 Å². The molecule has 6 nitrogen and oxygen atoms in total. The summed E-state index contributed by atoms with van der Waals surface area (Å²) in [6, 6.07) is 1.68. The lowest BCUT2D eigenvalue weighted by atomic mass is 10.2. The molecular formula is C11H17N3O3. The standard InChI is InChI=1S/C11H17N3O3/c1-8-6-13(4-3-12-8)7-11(16)14-10(15)5-9(2)17-14/h5,8,12H,3-4,6-7H2,1-2H3/t8-/m1/s1. The van der Waals surface area contributed by atoms with E-state index in [1.807, 2.05) is 4.90 Å². The zero-order chi connectivity index (χ0) is 12.4. The number of rotatable bonds is 2. The highest BCUT2D eigenvalue weighted by atomic mass is 16.5. The van der Waals surface area contributed by atoms with Crippen molar-refractivity contribution in [2.75, 3.05) is 26.2 Å². The summed E-state index contributed by atoms with van der Waals surface area (Å²) < 4.78 is 5.89. The second-order valence-corrected chi connectivity index (χ2v) is 4.46. The summed E-state index contributed by atoms with van der Waals surface area (Å²) in [4.78, 5) is 25.3. The summed E-state index contributed by atoms with van der Waals surface area (Å²) in [5, 5.41) is 3.30. The van der Waals surface area contributed by atoms with Crippen LogP contribution in [0.3, 0.4) is 0 Å². The highest BCUT2D eigenvalue weighted by molar-refractivity contribution is 5.79. The lowest BCUT2D eigenvalue weighted by molar-refractivity contribution is 0.0694. The molecule has 1 aliphatic heterocycles. The molecule has 0 amide bonds. The van der Waals surface area contributed by atoms with Crippen LogP contribution in [0, 0.1) is 6.92 Å². The molecule has 0 radical (unpaired) electrons. The van der Waals surface area contributed by atoms with E-state index in [9.17, 15) is 9.59 Å². The Labute approximate surface area is 99.2 Å². The lowest BCUT2D eigenvalue weighted by Crippen LogP contribution is -2.51. The van der Waals surface area contributed by atoms with Gasteiger partial charge in [-0.2, -0.15) is 0 Å². The number of nitrogens with zero attached hydrogens (tertiary/aromatic N) is 2. The Bertz CT molecular complexity index is 463. The SMILES string of the molecule is Cc1cc(=O)n(C(=O)CN2CCN[C@H](C)C2)o1. The fourth-order valence-corrected chi connectivity index (χ4v) is 2.03. The summed E-state index contributed by atoms with van der Waals surface area (Å²) in [6.45, 7) is 6.42. The van der Waals surface area contributed by atoms with Gasteiger partial charge in [0, 0.05) is 31.7 Å². The summed E-state index contributed by atoms with van der Waals surface area (Å²) in [5.41, 5.74) is -0.393. The molecule has 0 bridgehead atoms. The first-order valence-corrected chi connectivity index (χ1v) is 5.75. The molecular weight excluding hydrogens is 222 g/mol. The second-order valence-electron chi connectivity index (χ2n) is 4.46. The van der Waals surface area contributed by atoms with Crippen molar-refractivity contribution in [1.82, 2.24) is 15.0 Å². The summed E-state index contributed by atoms with van der Waals surface area (Å²) in [6.07, 6.45) is 0. The third-order valence-corrected chi connectivity index (χ3v) is 2.80. The van der Waals surface area contributed by atoms with Crippen molar-refractivity contribution in [3.63, 3.8) is 0 Å². The fraction of sp³-hybridized carbons (Fsp3) is 0.636. The fourth-order valence-electron chi connectivity index (χ4n) is 2.03. The van der Waals surface area contributed by atoms with E-state index in [0.29, 0.717) is 11.8 Å². The molecule has 94 valence electrons. The van der Waals surface area contributed by atoms with Crippen molar-refractivity contribution in [2.24, 2.45) is 0 Å². The van der Waals surface area contributed by atoms with Gasteiger partial charge in [0.25, 0.3) is 11.5 Å². The number of hydrogen-bond acceptors (Lipinski definition) is 5.